The molecule has 1 aliphatic rings. The zero-order valence-corrected chi connectivity index (χ0v) is 12.6. The van der Waals surface area contributed by atoms with Crippen molar-refractivity contribution in [2.75, 3.05) is 20.3 Å². The molecular weight excluding hydrogens is 226 g/mol. The molecular formula is C15H31NO2. The predicted octanol–water partition coefficient (Wildman–Crippen LogP) is 2.98. The predicted molar refractivity (Wildman–Crippen MR) is 75.9 cm³/mol. The molecule has 0 radical (unpaired) electrons. The number of hydrogen-bond donors (Lipinski definition) is 1. The molecule has 0 aromatic carbocycles. The van der Waals surface area contributed by atoms with Gasteiger partial charge < -0.3 is 14.8 Å². The first kappa shape index (κ1) is 15.9. The maximum atomic E-state index is 6.19. The summed E-state index contributed by atoms with van der Waals surface area (Å²) in [5.74, 6) is 0.852. The SMILES string of the molecule is CCCC1CCC(NCC)C(OC(C)COC)C1. The third kappa shape index (κ3) is 5.25. The molecule has 1 rings (SSSR count). The quantitative estimate of drug-likeness (QED) is 0.725. The fourth-order valence-corrected chi connectivity index (χ4v) is 3.10. The molecule has 0 aromatic rings. The van der Waals surface area contributed by atoms with E-state index in [9.17, 15) is 0 Å². The first-order chi connectivity index (χ1) is 8.71. The fourth-order valence-electron chi connectivity index (χ4n) is 3.10. The van der Waals surface area contributed by atoms with Gasteiger partial charge >= 0.3 is 0 Å². The maximum Gasteiger partial charge on any atom is 0.0784 e. The van der Waals surface area contributed by atoms with Crippen LogP contribution < -0.4 is 5.32 Å². The zero-order valence-electron chi connectivity index (χ0n) is 12.6. The molecule has 0 aliphatic heterocycles. The van der Waals surface area contributed by atoms with Crippen molar-refractivity contribution in [1.82, 2.24) is 5.32 Å². The highest BCUT2D eigenvalue weighted by Gasteiger charge is 2.31. The van der Waals surface area contributed by atoms with Crippen molar-refractivity contribution in [3.05, 3.63) is 0 Å². The van der Waals surface area contributed by atoms with Crippen LogP contribution in [-0.4, -0.2) is 38.5 Å². The van der Waals surface area contributed by atoms with Crippen molar-refractivity contribution in [3.8, 4) is 0 Å². The molecule has 18 heavy (non-hydrogen) atoms. The monoisotopic (exact) mass is 257 g/mol. The lowest BCUT2D eigenvalue weighted by Gasteiger charge is -2.37. The highest BCUT2D eigenvalue weighted by atomic mass is 16.5. The maximum absolute atomic E-state index is 6.19. The highest BCUT2D eigenvalue weighted by molar-refractivity contribution is 4.86. The van der Waals surface area contributed by atoms with Crippen LogP contribution in [0.15, 0.2) is 0 Å². The normalized spacial score (nSPS) is 30.3. The minimum Gasteiger partial charge on any atom is -0.382 e. The fraction of sp³-hybridized carbons (Fsp3) is 1.00. The Labute approximate surface area is 113 Å². The Morgan fingerprint density at radius 3 is 2.67 bits per heavy atom. The summed E-state index contributed by atoms with van der Waals surface area (Å²) in [4.78, 5) is 0. The molecule has 3 nitrogen and oxygen atoms in total. The molecule has 0 heterocycles. The first-order valence-electron chi connectivity index (χ1n) is 7.58. The van der Waals surface area contributed by atoms with Gasteiger partial charge in [0, 0.05) is 13.2 Å². The molecule has 1 fully saturated rings. The molecule has 1 aliphatic carbocycles. The molecule has 3 heteroatoms. The van der Waals surface area contributed by atoms with Crippen molar-refractivity contribution in [3.63, 3.8) is 0 Å². The van der Waals surface area contributed by atoms with Crippen LogP contribution in [0.5, 0.6) is 0 Å². The van der Waals surface area contributed by atoms with E-state index in [-0.39, 0.29) is 6.10 Å². The van der Waals surface area contributed by atoms with E-state index in [4.69, 9.17) is 9.47 Å². The Hall–Kier alpha value is -0.120. The smallest absolute Gasteiger partial charge is 0.0784 e. The summed E-state index contributed by atoms with van der Waals surface area (Å²) in [5.41, 5.74) is 0. The molecule has 0 saturated heterocycles. The van der Waals surface area contributed by atoms with Gasteiger partial charge in [-0.05, 0) is 38.6 Å². The number of rotatable bonds is 8. The average Bonchev–Trinajstić information content (AvgIpc) is 2.33. The van der Waals surface area contributed by atoms with Gasteiger partial charge in [0.15, 0.2) is 0 Å². The van der Waals surface area contributed by atoms with Crippen LogP contribution in [0.4, 0.5) is 0 Å². The lowest BCUT2D eigenvalue weighted by molar-refractivity contribution is -0.0741. The third-order valence-electron chi connectivity index (χ3n) is 3.87. The van der Waals surface area contributed by atoms with E-state index in [1.54, 1.807) is 7.11 Å². The molecule has 1 N–H and O–H groups in total. The highest BCUT2D eigenvalue weighted by Crippen LogP contribution is 2.30. The summed E-state index contributed by atoms with van der Waals surface area (Å²) in [5, 5.41) is 3.58. The Kier molecular flexibility index (Phi) is 7.87. The number of ether oxygens (including phenoxy) is 2. The molecule has 4 unspecified atom stereocenters. The van der Waals surface area contributed by atoms with E-state index in [0.717, 1.165) is 12.5 Å². The lowest BCUT2D eigenvalue weighted by atomic mass is 9.81. The molecule has 0 spiro atoms. The van der Waals surface area contributed by atoms with Crippen molar-refractivity contribution in [2.24, 2.45) is 5.92 Å². The van der Waals surface area contributed by atoms with Gasteiger partial charge in [-0.3, -0.25) is 0 Å². The Bertz CT molecular complexity index is 209. The van der Waals surface area contributed by atoms with Gasteiger partial charge in [0.2, 0.25) is 0 Å². The van der Waals surface area contributed by atoms with Gasteiger partial charge in [0.05, 0.1) is 18.8 Å². The molecule has 108 valence electrons. The summed E-state index contributed by atoms with van der Waals surface area (Å²) >= 11 is 0. The molecule has 0 aromatic heterocycles. The second-order valence-corrected chi connectivity index (χ2v) is 5.57. The molecule has 0 bridgehead atoms. The summed E-state index contributed by atoms with van der Waals surface area (Å²) in [6, 6.07) is 0.530. The van der Waals surface area contributed by atoms with Crippen molar-refractivity contribution >= 4 is 0 Å². The van der Waals surface area contributed by atoms with E-state index in [2.05, 4.69) is 26.1 Å². The van der Waals surface area contributed by atoms with Crippen LogP contribution in [0, 0.1) is 5.92 Å². The number of nitrogens with one attached hydrogen (secondary N) is 1. The van der Waals surface area contributed by atoms with Crippen LogP contribution in [-0.2, 0) is 9.47 Å². The molecule has 1 saturated carbocycles. The third-order valence-corrected chi connectivity index (χ3v) is 3.87. The van der Waals surface area contributed by atoms with E-state index in [1.807, 2.05) is 0 Å². The molecule has 4 atom stereocenters. The number of hydrogen-bond acceptors (Lipinski definition) is 3. The average molecular weight is 257 g/mol. The van der Waals surface area contributed by atoms with Gasteiger partial charge in [-0.2, -0.15) is 0 Å². The Balaban J connectivity index is 2.48. The van der Waals surface area contributed by atoms with Gasteiger partial charge in [0.1, 0.15) is 0 Å². The second kappa shape index (κ2) is 8.89. The minimum absolute atomic E-state index is 0.196. The number of likely N-dealkylation sites (N-methyl/N-ethyl adjacent to an activating group) is 1. The van der Waals surface area contributed by atoms with Crippen molar-refractivity contribution in [1.29, 1.82) is 0 Å². The summed E-state index contributed by atoms with van der Waals surface area (Å²) < 4.78 is 11.4. The largest absolute Gasteiger partial charge is 0.382 e. The van der Waals surface area contributed by atoms with E-state index in [0.29, 0.717) is 18.8 Å². The summed E-state index contributed by atoms with van der Waals surface area (Å²) in [6.07, 6.45) is 7.00. The van der Waals surface area contributed by atoms with Crippen LogP contribution in [0.25, 0.3) is 0 Å². The summed E-state index contributed by atoms with van der Waals surface area (Å²) in [6.45, 7) is 8.28. The number of methoxy groups -OCH3 is 1. The van der Waals surface area contributed by atoms with Crippen molar-refractivity contribution in [2.45, 2.75) is 71.1 Å². The topological polar surface area (TPSA) is 30.5 Å². The Morgan fingerprint density at radius 2 is 2.06 bits per heavy atom. The first-order valence-corrected chi connectivity index (χ1v) is 7.58. The van der Waals surface area contributed by atoms with Crippen LogP contribution in [0.1, 0.15) is 52.9 Å². The molecule has 0 amide bonds. The Morgan fingerprint density at radius 1 is 1.28 bits per heavy atom. The zero-order chi connectivity index (χ0) is 13.4. The standard InChI is InChI=1S/C15H31NO2/c1-5-7-13-8-9-14(16-6-2)15(10-13)18-12(3)11-17-4/h12-16H,5-11H2,1-4H3. The lowest BCUT2D eigenvalue weighted by Crippen LogP contribution is -2.47. The van der Waals surface area contributed by atoms with Crippen LogP contribution >= 0.6 is 0 Å². The minimum atomic E-state index is 0.196. The van der Waals surface area contributed by atoms with Crippen LogP contribution in [0.3, 0.4) is 0 Å². The van der Waals surface area contributed by atoms with E-state index < -0.39 is 0 Å². The van der Waals surface area contributed by atoms with Gasteiger partial charge in [0.25, 0.3) is 0 Å². The van der Waals surface area contributed by atoms with Gasteiger partial charge in [-0.1, -0.05) is 26.7 Å². The summed E-state index contributed by atoms with van der Waals surface area (Å²) in [7, 11) is 1.74. The van der Waals surface area contributed by atoms with Gasteiger partial charge in [-0.15, -0.1) is 0 Å². The van der Waals surface area contributed by atoms with Crippen LogP contribution in [0.2, 0.25) is 0 Å². The van der Waals surface area contributed by atoms with E-state index in [1.165, 1.54) is 32.1 Å². The van der Waals surface area contributed by atoms with Gasteiger partial charge in [-0.25, -0.2) is 0 Å². The van der Waals surface area contributed by atoms with Crippen molar-refractivity contribution < 1.29 is 9.47 Å². The second-order valence-electron chi connectivity index (χ2n) is 5.57. The van der Waals surface area contributed by atoms with E-state index >= 15 is 0 Å².